The molecule has 1 rings (SSSR count). The van der Waals surface area contributed by atoms with Gasteiger partial charge in [-0.15, -0.1) is 12.3 Å². The molecule has 0 bridgehead atoms. The largest absolute Gasteiger partial charge is 0.476 e. The maximum Gasteiger partial charge on any atom is 0.356 e. The number of unbranched alkanes of at least 4 members (excludes halogenated alkanes) is 1. The molecule has 0 aliphatic carbocycles. The van der Waals surface area contributed by atoms with Crippen molar-refractivity contribution < 1.29 is 9.90 Å². The number of hydrogen-bond acceptors (Lipinski definition) is 4. The second-order valence-electron chi connectivity index (χ2n) is 2.83. The predicted octanol–water partition coefficient (Wildman–Crippen LogP) is 1.00. The Morgan fingerprint density at radius 3 is 3.07 bits per heavy atom. The zero-order valence-electron chi connectivity index (χ0n) is 8.10. The highest BCUT2D eigenvalue weighted by molar-refractivity contribution is 5.85. The van der Waals surface area contributed by atoms with Gasteiger partial charge in [0.15, 0.2) is 5.69 Å². The predicted molar refractivity (Wildman–Crippen MR) is 55.5 cm³/mol. The van der Waals surface area contributed by atoms with Gasteiger partial charge in [0.05, 0.1) is 12.4 Å². The van der Waals surface area contributed by atoms with E-state index in [9.17, 15) is 4.79 Å². The fourth-order valence-electron chi connectivity index (χ4n) is 0.961. The maximum absolute atomic E-state index is 10.6. The van der Waals surface area contributed by atoms with Gasteiger partial charge in [0, 0.05) is 13.0 Å². The highest BCUT2D eigenvalue weighted by atomic mass is 16.4. The van der Waals surface area contributed by atoms with Crippen LogP contribution in [0.25, 0.3) is 0 Å². The molecule has 1 heterocycles. The molecule has 0 saturated heterocycles. The van der Waals surface area contributed by atoms with Crippen LogP contribution >= 0.6 is 0 Å². The molecule has 0 aliphatic rings. The molecule has 78 valence electrons. The smallest absolute Gasteiger partial charge is 0.356 e. The van der Waals surface area contributed by atoms with Gasteiger partial charge in [0.1, 0.15) is 5.82 Å². The molecule has 0 radical (unpaired) electrons. The summed E-state index contributed by atoms with van der Waals surface area (Å²) < 4.78 is 0. The van der Waals surface area contributed by atoms with Crippen LogP contribution in [0.3, 0.4) is 0 Å². The molecule has 0 aromatic carbocycles. The molecular weight excluding hydrogens is 194 g/mol. The first-order valence-electron chi connectivity index (χ1n) is 4.46. The number of rotatable bonds is 5. The number of carbonyl (C=O) groups is 1. The summed E-state index contributed by atoms with van der Waals surface area (Å²) in [5.41, 5.74) is -0.0723. The molecule has 5 nitrogen and oxygen atoms in total. The standard InChI is InChI=1S/C10H11N3O2/c1-2-3-4-5-12-9-7-11-6-8(13-9)10(14)15/h1,6-7H,3-5H2,(H,12,13)(H,14,15). The molecule has 2 N–H and O–H groups in total. The fraction of sp³-hybridized carbons (Fsp3) is 0.300. The molecular formula is C10H11N3O2. The average Bonchev–Trinajstić information content (AvgIpc) is 2.25. The molecule has 0 fully saturated rings. The van der Waals surface area contributed by atoms with Crippen molar-refractivity contribution in [3.63, 3.8) is 0 Å². The first-order chi connectivity index (χ1) is 7.24. The molecule has 15 heavy (non-hydrogen) atoms. The van der Waals surface area contributed by atoms with E-state index >= 15 is 0 Å². The molecule has 0 amide bonds. The van der Waals surface area contributed by atoms with E-state index in [0.717, 1.165) is 6.42 Å². The van der Waals surface area contributed by atoms with Gasteiger partial charge in [-0.1, -0.05) is 0 Å². The minimum atomic E-state index is -1.09. The quantitative estimate of drug-likeness (QED) is 0.554. The Labute approximate surface area is 87.6 Å². The van der Waals surface area contributed by atoms with Gasteiger partial charge < -0.3 is 10.4 Å². The van der Waals surface area contributed by atoms with Crippen LogP contribution in [0.2, 0.25) is 0 Å². The molecule has 0 saturated carbocycles. The van der Waals surface area contributed by atoms with Gasteiger partial charge in [-0.2, -0.15) is 0 Å². The van der Waals surface area contributed by atoms with Crippen molar-refractivity contribution in [3.05, 3.63) is 18.1 Å². The molecule has 0 unspecified atom stereocenters. The van der Waals surface area contributed by atoms with Gasteiger partial charge in [-0.25, -0.2) is 9.78 Å². The van der Waals surface area contributed by atoms with Crippen LogP contribution in [-0.2, 0) is 0 Å². The molecule has 1 aromatic rings. The summed E-state index contributed by atoms with van der Waals surface area (Å²) >= 11 is 0. The number of hydrogen-bond donors (Lipinski definition) is 2. The highest BCUT2D eigenvalue weighted by Crippen LogP contribution is 2.02. The van der Waals surface area contributed by atoms with E-state index in [0.29, 0.717) is 18.8 Å². The summed E-state index contributed by atoms with van der Waals surface area (Å²) in [7, 11) is 0. The van der Waals surface area contributed by atoms with E-state index in [1.165, 1.54) is 12.4 Å². The Bertz CT molecular complexity index is 384. The van der Waals surface area contributed by atoms with Gasteiger partial charge >= 0.3 is 5.97 Å². The number of aromatic nitrogens is 2. The van der Waals surface area contributed by atoms with Gasteiger partial charge in [-0.05, 0) is 6.42 Å². The maximum atomic E-state index is 10.6. The Hall–Kier alpha value is -2.09. The van der Waals surface area contributed by atoms with Crippen molar-refractivity contribution in [1.82, 2.24) is 9.97 Å². The topological polar surface area (TPSA) is 75.1 Å². The summed E-state index contributed by atoms with van der Waals surface area (Å²) in [6, 6.07) is 0. The molecule has 1 aromatic heterocycles. The summed E-state index contributed by atoms with van der Waals surface area (Å²) in [4.78, 5) is 18.2. The lowest BCUT2D eigenvalue weighted by atomic mass is 10.3. The first-order valence-corrected chi connectivity index (χ1v) is 4.46. The lowest BCUT2D eigenvalue weighted by Crippen LogP contribution is -2.07. The first kappa shape index (κ1) is 11.0. The zero-order chi connectivity index (χ0) is 11.1. The fourth-order valence-corrected chi connectivity index (χ4v) is 0.961. The van der Waals surface area contributed by atoms with Crippen molar-refractivity contribution in [1.29, 1.82) is 0 Å². The summed E-state index contributed by atoms with van der Waals surface area (Å²) in [6.07, 6.45) is 9.26. The van der Waals surface area contributed by atoms with Crippen LogP contribution in [0.4, 0.5) is 5.82 Å². The highest BCUT2D eigenvalue weighted by Gasteiger charge is 2.05. The number of carboxylic acids is 1. The van der Waals surface area contributed by atoms with Crippen molar-refractivity contribution in [2.24, 2.45) is 0 Å². The van der Waals surface area contributed by atoms with Crippen molar-refractivity contribution in [3.8, 4) is 12.3 Å². The lowest BCUT2D eigenvalue weighted by molar-refractivity contribution is 0.0690. The van der Waals surface area contributed by atoms with E-state index in [2.05, 4.69) is 21.2 Å². The number of anilines is 1. The van der Waals surface area contributed by atoms with Crippen LogP contribution in [0.15, 0.2) is 12.4 Å². The van der Waals surface area contributed by atoms with E-state index in [1.54, 1.807) is 0 Å². The molecule has 5 heteroatoms. The molecule has 0 spiro atoms. The Balaban J connectivity index is 2.51. The summed E-state index contributed by atoms with van der Waals surface area (Å²) in [5.74, 6) is 1.88. The number of terminal acetylenes is 1. The van der Waals surface area contributed by atoms with E-state index in [-0.39, 0.29) is 5.69 Å². The Kier molecular flexibility index (Phi) is 4.10. The van der Waals surface area contributed by atoms with Crippen LogP contribution in [0, 0.1) is 12.3 Å². The SMILES string of the molecule is C#CCCCNc1cncc(C(=O)O)n1. The third-order valence-electron chi connectivity index (χ3n) is 1.66. The van der Waals surface area contributed by atoms with Crippen LogP contribution in [-0.4, -0.2) is 27.6 Å². The average molecular weight is 205 g/mol. The number of aromatic carboxylic acids is 1. The van der Waals surface area contributed by atoms with Gasteiger partial charge in [0.25, 0.3) is 0 Å². The third kappa shape index (κ3) is 3.65. The van der Waals surface area contributed by atoms with E-state index in [4.69, 9.17) is 11.5 Å². The number of carboxylic acid groups (broad SMARTS) is 1. The van der Waals surface area contributed by atoms with Crippen LogP contribution in [0.5, 0.6) is 0 Å². The van der Waals surface area contributed by atoms with E-state index < -0.39 is 5.97 Å². The monoisotopic (exact) mass is 205 g/mol. The molecule has 0 atom stereocenters. The van der Waals surface area contributed by atoms with Crippen molar-refractivity contribution >= 4 is 11.8 Å². The van der Waals surface area contributed by atoms with Gasteiger partial charge in [-0.3, -0.25) is 4.98 Å². The van der Waals surface area contributed by atoms with Crippen LogP contribution < -0.4 is 5.32 Å². The minimum Gasteiger partial charge on any atom is -0.476 e. The van der Waals surface area contributed by atoms with E-state index in [1.807, 2.05) is 0 Å². The number of nitrogens with one attached hydrogen (secondary N) is 1. The van der Waals surface area contributed by atoms with Crippen LogP contribution in [0.1, 0.15) is 23.3 Å². The Morgan fingerprint density at radius 1 is 1.60 bits per heavy atom. The normalized spacial score (nSPS) is 9.27. The minimum absolute atomic E-state index is 0.0723. The van der Waals surface area contributed by atoms with Crippen molar-refractivity contribution in [2.45, 2.75) is 12.8 Å². The van der Waals surface area contributed by atoms with Gasteiger partial charge in [0.2, 0.25) is 0 Å². The summed E-state index contributed by atoms with van der Waals surface area (Å²) in [6.45, 7) is 0.655. The number of nitrogens with zero attached hydrogens (tertiary/aromatic N) is 2. The lowest BCUT2D eigenvalue weighted by Gasteiger charge is -2.03. The second-order valence-corrected chi connectivity index (χ2v) is 2.83. The molecule has 0 aliphatic heterocycles. The third-order valence-corrected chi connectivity index (χ3v) is 1.66. The van der Waals surface area contributed by atoms with Crippen molar-refractivity contribution in [2.75, 3.05) is 11.9 Å². The zero-order valence-corrected chi connectivity index (χ0v) is 8.10. The second kappa shape index (κ2) is 5.60. The summed E-state index contributed by atoms with van der Waals surface area (Å²) in [5, 5.41) is 11.6. The Morgan fingerprint density at radius 2 is 2.40 bits per heavy atom.